The smallest absolute Gasteiger partial charge is 0.355 e. The second-order valence-corrected chi connectivity index (χ2v) is 9.89. The molecule has 2 N–H and O–H groups in total. The number of amides is 1. The Morgan fingerprint density at radius 2 is 1.71 bits per heavy atom. The van der Waals surface area contributed by atoms with Gasteiger partial charge in [0.2, 0.25) is 0 Å². The maximum Gasteiger partial charge on any atom is 0.355 e. The van der Waals surface area contributed by atoms with Crippen molar-refractivity contribution < 1.29 is 14.3 Å². The zero-order chi connectivity index (χ0) is 26.8. The molecule has 9 nitrogen and oxygen atoms in total. The fraction of sp³-hybridized carbons (Fsp3) is 0.222. The van der Waals surface area contributed by atoms with Crippen molar-refractivity contribution in [3.8, 4) is 0 Å². The average molecular weight is 553 g/mol. The van der Waals surface area contributed by atoms with Crippen LogP contribution >= 0.6 is 23.2 Å². The second-order valence-electron chi connectivity index (χ2n) is 9.02. The lowest BCUT2D eigenvalue weighted by Crippen LogP contribution is -2.35. The van der Waals surface area contributed by atoms with Crippen LogP contribution in [0.3, 0.4) is 0 Å². The van der Waals surface area contributed by atoms with Gasteiger partial charge in [0.05, 0.1) is 11.8 Å². The molecule has 1 aliphatic heterocycles. The molecular formula is C27H22Cl2N4O5. The van der Waals surface area contributed by atoms with Crippen molar-refractivity contribution in [1.82, 2.24) is 15.0 Å². The molecule has 2 heterocycles. The Morgan fingerprint density at radius 3 is 2.39 bits per heavy atom. The van der Waals surface area contributed by atoms with Crippen LogP contribution in [0.1, 0.15) is 46.9 Å². The van der Waals surface area contributed by atoms with Crippen LogP contribution in [0.5, 0.6) is 0 Å². The van der Waals surface area contributed by atoms with Gasteiger partial charge in [-0.1, -0.05) is 47.5 Å². The summed E-state index contributed by atoms with van der Waals surface area (Å²) < 4.78 is 5.13. The molecule has 1 fully saturated rings. The Bertz CT molecular complexity index is 1530. The number of halogens is 2. The minimum atomic E-state index is -1.00. The number of aromatic nitrogens is 2. The summed E-state index contributed by atoms with van der Waals surface area (Å²) in [6, 6.07) is 15.2. The molecule has 2 aromatic carbocycles. The first-order valence-electron chi connectivity index (χ1n) is 11.9. The third-order valence-corrected chi connectivity index (χ3v) is 6.99. The van der Waals surface area contributed by atoms with Crippen LogP contribution in [-0.2, 0) is 9.53 Å². The molecule has 2 aliphatic rings. The summed E-state index contributed by atoms with van der Waals surface area (Å²) in [6.07, 6.45) is 4.59. The predicted molar refractivity (Wildman–Crippen MR) is 143 cm³/mol. The Morgan fingerprint density at radius 1 is 1.03 bits per heavy atom. The Balaban J connectivity index is 1.44. The summed E-state index contributed by atoms with van der Waals surface area (Å²) >= 11 is 12.1. The normalized spacial score (nSPS) is 19.7. The van der Waals surface area contributed by atoms with Crippen LogP contribution in [0.2, 0.25) is 10.0 Å². The minimum absolute atomic E-state index is 0.0628. The van der Waals surface area contributed by atoms with Crippen LogP contribution in [0.4, 0.5) is 0 Å². The molecule has 0 radical (unpaired) electrons. The Hall–Kier alpha value is -3.95. The average Bonchev–Trinajstić information content (AvgIpc) is 3.29. The summed E-state index contributed by atoms with van der Waals surface area (Å²) in [7, 11) is 0. The van der Waals surface area contributed by atoms with Crippen molar-refractivity contribution in [2.24, 2.45) is 11.0 Å². The van der Waals surface area contributed by atoms with Crippen LogP contribution in [0.15, 0.2) is 74.9 Å². The molecule has 194 valence electrons. The predicted octanol–water partition coefficient (Wildman–Crippen LogP) is 4.35. The van der Waals surface area contributed by atoms with Gasteiger partial charge in [0.25, 0.3) is 11.5 Å². The van der Waals surface area contributed by atoms with Gasteiger partial charge in [-0.3, -0.25) is 14.6 Å². The van der Waals surface area contributed by atoms with E-state index >= 15 is 0 Å². The number of hydrazone groups is 1. The zero-order valence-corrected chi connectivity index (χ0v) is 21.5. The lowest BCUT2D eigenvalue weighted by Gasteiger charge is -2.29. The number of fused-ring (bicyclic) bond motifs is 1. The number of hydrogen-bond donors (Lipinski definition) is 2. The molecule has 5 rings (SSSR count). The van der Waals surface area contributed by atoms with Crippen LogP contribution in [-0.4, -0.2) is 39.2 Å². The van der Waals surface area contributed by atoms with E-state index in [0.29, 0.717) is 10.0 Å². The third-order valence-electron chi connectivity index (χ3n) is 6.49. The Kier molecular flexibility index (Phi) is 7.31. The largest absolute Gasteiger partial charge is 0.451 e. The number of hydrogen-bond acceptors (Lipinski definition) is 6. The molecular weight excluding hydrogens is 531 g/mol. The molecule has 1 aliphatic carbocycles. The number of carbonyl (C=O) groups excluding carboxylic acids is 2. The fourth-order valence-electron chi connectivity index (χ4n) is 4.81. The van der Waals surface area contributed by atoms with E-state index in [2.05, 4.69) is 11.1 Å². The minimum Gasteiger partial charge on any atom is -0.451 e. The van der Waals surface area contributed by atoms with E-state index in [-0.39, 0.29) is 11.6 Å². The van der Waals surface area contributed by atoms with Crippen molar-refractivity contribution in [1.29, 1.82) is 0 Å². The van der Waals surface area contributed by atoms with Crippen molar-refractivity contribution in [3.63, 3.8) is 0 Å². The maximum absolute atomic E-state index is 13.4. The molecule has 11 heteroatoms. The van der Waals surface area contributed by atoms with E-state index in [4.69, 9.17) is 33.0 Å². The molecule has 1 aromatic heterocycles. The summed E-state index contributed by atoms with van der Waals surface area (Å²) in [5.41, 5.74) is 1.69. The highest BCUT2D eigenvalue weighted by Crippen LogP contribution is 2.44. The summed E-state index contributed by atoms with van der Waals surface area (Å²) in [6.45, 7) is -0.627. The van der Waals surface area contributed by atoms with Crippen molar-refractivity contribution >= 4 is 46.9 Å². The molecule has 2 unspecified atom stereocenters. The number of carbonyl (C=O) groups is 2. The van der Waals surface area contributed by atoms with Gasteiger partial charge >= 0.3 is 11.7 Å². The lowest BCUT2D eigenvalue weighted by atomic mass is 9.77. The van der Waals surface area contributed by atoms with Crippen LogP contribution in [0.25, 0.3) is 6.08 Å². The number of esters is 1. The number of nitrogens with zero attached hydrogens (tertiary/aromatic N) is 2. The molecule has 0 bridgehead atoms. The molecule has 0 spiro atoms. The van der Waals surface area contributed by atoms with Gasteiger partial charge in [-0.05, 0) is 66.3 Å². The van der Waals surface area contributed by atoms with Gasteiger partial charge in [0.15, 0.2) is 6.61 Å². The van der Waals surface area contributed by atoms with E-state index in [0.717, 1.165) is 47.7 Å². The molecule has 3 aromatic rings. The fourth-order valence-corrected chi connectivity index (χ4v) is 5.06. The molecule has 1 amide bonds. The number of rotatable bonds is 5. The monoisotopic (exact) mass is 552 g/mol. The van der Waals surface area contributed by atoms with Gasteiger partial charge in [0, 0.05) is 22.0 Å². The standard InChI is InChI=1S/C27H22Cl2N4O5/c28-18-8-4-15(5-9-18)12-17-2-1-3-20-24(17)32-33(25(20)16-6-10-19(29)11-7-16)23(35)14-38-26(36)21-13-22(34)31-27(37)30-21/h4-13,20,25H,1-3,14H2,(H2,30,31,34,37). The number of benzene rings is 2. The summed E-state index contributed by atoms with van der Waals surface area (Å²) in [4.78, 5) is 52.9. The van der Waals surface area contributed by atoms with Gasteiger partial charge in [0.1, 0.15) is 5.69 Å². The maximum atomic E-state index is 13.4. The van der Waals surface area contributed by atoms with Gasteiger partial charge in [-0.15, -0.1) is 0 Å². The number of aromatic amines is 2. The summed E-state index contributed by atoms with van der Waals surface area (Å²) in [5.74, 6) is -1.61. The topological polar surface area (TPSA) is 125 Å². The number of allylic oxidation sites excluding steroid dienone is 1. The van der Waals surface area contributed by atoms with Gasteiger partial charge in [-0.25, -0.2) is 14.6 Å². The first kappa shape index (κ1) is 25.7. The first-order chi connectivity index (χ1) is 18.3. The van der Waals surface area contributed by atoms with E-state index < -0.39 is 35.8 Å². The van der Waals surface area contributed by atoms with Crippen molar-refractivity contribution in [3.05, 3.63) is 108 Å². The number of nitrogens with one attached hydrogen (secondary N) is 2. The molecule has 0 saturated heterocycles. The second kappa shape index (κ2) is 10.8. The third kappa shape index (κ3) is 5.49. The van der Waals surface area contributed by atoms with E-state index in [1.165, 1.54) is 5.01 Å². The van der Waals surface area contributed by atoms with Crippen molar-refractivity contribution in [2.75, 3.05) is 6.61 Å². The van der Waals surface area contributed by atoms with Crippen molar-refractivity contribution in [2.45, 2.75) is 25.3 Å². The number of H-pyrrole nitrogens is 2. The van der Waals surface area contributed by atoms with E-state index in [1.54, 1.807) is 12.1 Å². The number of ether oxygens (including phenoxy) is 1. The quantitative estimate of drug-likeness (QED) is 0.455. The van der Waals surface area contributed by atoms with E-state index in [1.807, 2.05) is 41.4 Å². The Labute approximate surface area is 226 Å². The van der Waals surface area contributed by atoms with E-state index in [9.17, 15) is 19.2 Å². The zero-order valence-electron chi connectivity index (χ0n) is 19.9. The SMILES string of the molecule is O=C(OCC(=O)N1N=C2C(=Cc3ccc(Cl)cc3)CCCC2C1c1ccc(Cl)cc1)c1cc(=O)[nH]c(=O)[nH]1. The van der Waals surface area contributed by atoms with Crippen LogP contribution < -0.4 is 11.2 Å². The highest BCUT2D eigenvalue weighted by Gasteiger charge is 2.43. The molecule has 2 atom stereocenters. The van der Waals surface area contributed by atoms with Crippen LogP contribution in [0, 0.1) is 5.92 Å². The lowest BCUT2D eigenvalue weighted by molar-refractivity contribution is -0.137. The first-order valence-corrected chi connectivity index (χ1v) is 12.7. The molecule has 38 heavy (non-hydrogen) atoms. The highest BCUT2D eigenvalue weighted by atomic mass is 35.5. The summed E-state index contributed by atoms with van der Waals surface area (Å²) in [5, 5.41) is 7.30. The van der Waals surface area contributed by atoms with Gasteiger partial charge < -0.3 is 9.72 Å². The van der Waals surface area contributed by atoms with Gasteiger partial charge in [-0.2, -0.15) is 5.10 Å². The highest BCUT2D eigenvalue weighted by molar-refractivity contribution is 6.30. The molecule has 1 saturated carbocycles.